The van der Waals surface area contributed by atoms with Crippen molar-refractivity contribution in [3.8, 4) is 0 Å². The van der Waals surface area contributed by atoms with Gasteiger partial charge in [-0.3, -0.25) is 4.79 Å². The Hall–Kier alpha value is -2.62. The molecule has 2 aromatic carbocycles. The minimum Gasteiger partial charge on any atom is -0.465 e. The van der Waals surface area contributed by atoms with Crippen LogP contribution in [0.15, 0.2) is 36.4 Å². The van der Waals surface area contributed by atoms with Gasteiger partial charge in [-0.2, -0.15) is 0 Å². The van der Waals surface area contributed by atoms with Crippen molar-refractivity contribution in [2.45, 2.75) is 27.2 Å². The molecule has 0 aliphatic rings. The van der Waals surface area contributed by atoms with Crippen molar-refractivity contribution in [1.82, 2.24) is 0 Å². The topological polar surface area (TPSA) is 55.4 Å². The van der Waals surface area contributed by atoms with E-state index < -0.39 is 5.97 Å². The average molecular weight is 311 g/mol. The fraction of sp³-hybridized carbons (Fsp3) is 0.263. The quantitative estimate of drug-likeness (QED) is 0.878. The van der Waals surface area contributed by atoms with Crippen molar-refractivity contribution < 1.29 is 14.3 Å². The number of hydrogen-bond donors (Lipinski definition) is 1. The lowest BCUT2D eigenvalue weighted by molar-refractivity contribution is -0.115. The lowest BCUT2D eigenvalue weighted by Gasteiger charge is -2.11. The van der Waals surface area contributed by atoms with Crippen LogP contribution in [0.4, 0.5) is 5.69 Å². The van der Waals surface area contributed by atoms with E-state index in [9.17, 15) is 9.59 Å². The maximum Gasteiger partial charge on any atom is 0.337 e. The number of carbonyl (C=O) groups is 2. The van der Waals surface area contributed by atoms with Crippen LogP contribution in [0.1, 0.15) is 32.6 Å². The Morgan fingerprint density at radius 3 is 2.39 bits per heavy atom. The summed E-state index contributed by atoms with van der Waals surface area (Å²) in [6, 6.07) is 11.1. The first kappa shape index (κ1) is 16.7. The molecule has 0 aliphatic heterocycles. The number of aryl methyl sites for hydroxylation is 3. The Labute approximate surface area is 136 Å². The van der Waals surface area contributed by atoms with E-state index in [4.69, 9.17) is 4.74 Å². The van der Waals surface area contributed by atoms with E-state index in [0.717, 1.165) is 16.7 Å². The summed E-state index contributed by atoms with van der Waals surface area (Å²) in [5.74, 6) is -0.531. The van der Waals surface area contributed by atoms with Crippen LogP contribution in [0.5, 0.6) is 0 Å². The summed E-state index contributed by atoms with van der Waals surface area (Å²) >= 11 is 0. The van der Waals surface area contributed by atoms with Crippen molar-refractivity contribution >= 4 is 17.6 Å². The maximum absolute atomic E-state index is 12.3. The van der Waals surface area contributed by atoms with Crippen LogP contribution < -0.4 is 5.32 Å². The van der Waals surface area contributed by atoms with E-state index in [1.165, 1.54) is 12.7 Å². The van der Waals surface area contributed by atoms with Gasteiger partial charge in [-0.15, -0.1) is 0 Å². The zero-order valence-corrected chi connectivity index (χ0v) is 13.9. The second kappa shape index (κ2) is 7.09. The fourth-order valence-corrected chi connectivity index (χ4v) is 2.41. The van der Waals surface area contributed by atoms with Gasteiger partial charge < -0.3 is 10.1 Å². The van der Waals surface area contributed by atoms with Crippen LogP contribution in [0.2, 0.25) is 0 Å². The van der Waals surface area contributed by atoms with Gasteiger partial charge in [0.1, 0.15) is 0 Å². The largest absolute Gasteiger partial charge is 0.465 e. The Morgan fingerprint density at radius 2 is 1.74 bits per heavy atom. The number of anilines is 1. The summed E-state index contributed by atoms with van der Waals surface area (Å²) in [6.07, 6.45) is 0.300. The van der Waals surface area contributed by atoms with Gasteiger partial charge in [-0.25, -0.2) is 4.79 Å². The molecule has 0 unspecified atom stereocenters. The Balaban J connectivity index is 2.15. The summed E-state index contributed by atoms with van der Waals surface area (Å²) in [6.45, 7) is 5.91. The monoisotopic (exact) mass is 311 g/mol. The highest BCUT2D eigenvalue weighted by Crippen LogP contribution is 2.19. The molecule has 0 spiro atoms. The fourth-order valence-electron chi connectivity index (χ4n) is 2.41. The number of carbonyl (C=O) groups excluding carboxylic acids is 2. The molecule has 1 N–H and O–H groups in total. The zero-order chi connectivity index (χ0) is 17.0. The maximum atomic E-state index is 12.3. The molecular formula is C19H21NO3. The van der Waals surface area contributed by atoms with Gasteiger partial charge in [0, 0.05) is 5.69 Å². The van der Waals surface area contributed by atoms with E-state index in [1.807, 2.05) is 32.9 Å². The first-order valence-corrected chi connectivity index (χ1v) is 7.45. The highest BCUT2D eigenvalue weighted by atomic mass is 16.5. The molecule has 120 valence electrons. The Kier molecular flexibility index (Phi) is 5.16. The highest BCUT2D eigenvalue weighted by molar-refractivity contribution is 5.96. The molecule has 0 bridgehead atoms. The molecule has 0 saturated carbocycles. The molecule has 4 nitrogen and oxygen atoms in total. The van der Waals surface area contributed by atoms with Crippen molar-refractivity contribution in [2.75, 3.05) is 12.4 Å². The number of rotatable bonds is 4. The third kappa shape index (κ3) is 4.19. The summed E-state index contributed by atoms with van der Waals surface area (Å²) in [5.41, 5.74) is 5.21. The van der Waals surface area contributed by atoms with Gasteiger partial charge in [0.15, 0.2) is 0 Å². The SMILES string of the molecule is COC(=O)c1ccc(C)c(NC(=O)Cc2ccc(C)cc2C)c1. The molecule has 23 heavy (non-hydrogen) atoms. The molecule has 2 rings (SSSR count). The smallest absolute Gasteiger partial charge is 0.337 e. The number of methoxy groups -OCH3 is 1. The first-order chi connectivity index (χ1) is 10.9. The van der Waals surface area contributed by atoms with E-state index >= 15 is 0 Å². The van der Waals surface area contributed by atoms with Crippen LogP contribution in [0.3, 0.4) is 0 Å². The minimum absolute atomic E-state index is 0.109. The van der Waals surface area contributed by atoms with E-state index in [-0.39, 0.29) is 5.91 Å². The van der Waals surface area contributed by atoms with Gasteiger partial charge in [0.25, 0.3) is 0 Å². The summed E-state index contributed by atoms with van der Waals surface area (Å²) in [7, 11) is 1.33. The molecule has 2 aromatic rings. The third-order valence-electron chi connectivity index (χ3n) is 3.78. The van der Waals surface area contributed by atoms with Gasteiger partial charge >= 0.3 is 5.97 Å². The molecule has 0 aliphatic carbocycles. The Morgan fingerprint density at radius 1 is 1.00 bits per heavy atom. The first-order valence-electron chi connectivity index (χ1n) is 7.45. The van der Waals surface area contributed by atoms with Crippen molar-refractivity contribution in [1.29, 1.82) is 0 Å². The van der Waals surface area contributed by atoms with Gasteiger partial charge in [0.05, 0.1) is 19.1 Å². The number of ether oxygens (including phenoxy) is 1. The highest BCUT2D eigenvalue weighted by Gasteiger charge is 2.11. The molecule has 0 heterocycles. The summed E-state index contributed by atoms with van der Waals surface area (Å²) in [5, 5.41) is 2.87. The van der Waals surface area contributed by atoms with Crippen LogP contribution >= 0.6 is 0 Å². The molecule has 1 amide bonds. The van der Waals surface area contributed by atoms with Crippen LogP contribution in [-0.2, 0) is 16.0 Å². The number of esters is 1. The number of amides is 1. The Bertz CT molecular complexity index is 750. The zero-order valence-electron chi connectivity index (χ0n) is 13.9. The van der Waals surface area contributed by atoms with Crippen molar-refractivity contribution in [3.63, 3.8) is 0 Å². The lowest BCUT2D eigenvalue weighted by Crippen LogP contribution is -2.16. The second-order valence-corrected chi connectivity index (χ2v) is 5.68. The number of hydrogen-bond acceptors (Lipinski definition) is 3. The summed E-state index contributed by atoms with van der Waals surface area (Å²) < 4.78 is 4.71. The average Bonchev–Trinajstić information content (AvgIpc) is 2.51. The van der Waals surface area contributed by atoms with Crippen LogP contribution in [0.25, 0.3) is 0 Å². The molecule has 0 fully saturated rings. The van der Waals surface area contributed by atoms with Crippen molar-refractivity contribution in [3.05, 3.63) is 64.2 Å². The van der Waals surface area contributed by atoms with Gasteiger partial charge in [-0.05, 0) is 49.6 Å². The molecule has 0 atom stereocenters. The molecule has 0 aromatic heterocycles. The number of benzene rings is 2. The third-order valence-corrected chi connectivity index (χ3v) is 3.78. The van der Waals surface area contributed by atoms with E-state index in [0.29, 0.717) is 17.7 Å². The predicted molar refractivity (Wildman–Crippen MR) is 90.8 cm³/mol. The minimum atomic E-state index is -0.421. The molecule has 4 heteroatoms. The van der Waals surface area contributed by atoms with Gasteiger partial charge in [-0.1, -0.05) is 29.8 Å². The predicted octanol–water partition coefficient (Wildman–Crippen LogP) is 3.58. The van der Waals surface area contributed by atoms with Crippen LogP contribution in [-0.4, -0.2) is 19.0 Å². The summed E-state index contributed by atoms with van der Waals surface area (Å²) in [4.78, 5) is 23.9. The van der Waals surface area contributed by atoms with E-state index in [2.05, 4.69) is 11.4 Å². The molecule has 0 radical (unpaired) electrons. The lowest BCUT2D eigenvalue weighted by atomic mass is 10.0. The second-order valence-electron chi connectivity index (χ2n) is 5.68. The van der Waals surface area contributed by atoms with Crippen molar-refractivity contribution in [2.24, 2.45) is 0 Å². The van der Waals surface area contributed by atoms with Gasteiger partial charge in [0.2, 0.25) is 5.91 Å². The van der Waals surface area contributed by atoms with E-state index in [1.54, 1.807) is 18.2 Å². The normalized spacial score (nSPS) is 10.3. The molecule has 0 saturated heterocycles. The molecular weight excluding hydrogens is 290 g/mol. The number of nitrogens with one attached hydrogen (secondary N) is 1. The standard InChI is InChI=1S/C19H21NO3/c1-12-5-7-15(14(3)9-12)11-18(21)20-17-10-16(19(22)23-4)8-6-13(17)2/h5-10H,11H2,1-4H3,(H,20,21). The van der Waals surface area contributed by atoms with Crippen LogP contribution in [0, 0.1) is 20.8 Å².